The van der Waals surface area contributed by atoms with Crippen molar-refractivity contribution < 1.29 is 28.8 Å². The van der Waals surface area contributed by atoms with Gasteiger partial charge in [0.05, 0.1) is 32.0 Å². The van der Waals surface area contributed by atoms with Crippen LogP contribution < -0.4 is 5.32 Å². The number of rotatable bonds is 9. The van der Waals surface area contributed by atoms with Gasteiger partial charge in [0.15, 0.2) is 12.1 Å². The Balaban J connectivity index is 1.09. The molecule has 0 saturated carbocycles. The maximum atomic E-state index is 12.6. The van der Waals surface area contributed by atoms with E-state index in [0.29, 0.717) is 25.3 Å². The van der Waals surface area contributed by atoms with Crippen LogP contribution in [0.1, 0.15) is 64.8 Å². The van der Waals surface area contributed by atoms with Gasteiger partial charge in [0.1, 0.15) is 0 Å². The van der Waals surface area contributed by atoms with E-state index in [1.165, 1.54) is 0 Å². The van der Waals surface area contributed by atoms with Crippen molar-refractivity contribution in [2.75, 3.05) is 32.8 Å². The number of amides is 1. The van der Waals surface area contributed by atoms with Gasteiger partial charge >= 0.3 is 0 Å². The summed E-state index contributed by atoms with van der Waals surface area (Å²) in [5.41, 5.74) is 6.67. The fourth-order valence-electron chi connectivity index (χ4n) is 7.04. The van der Waals surface area contributed by atoms with Gasteiger partial charge in [0.2, 0.25) is 0 Å². The number of benzene rings is 4. The maximum Gasteiger partial charge on any atom is 0.251 e. The topological polar surface area (TPSA) is 89.5 Å². The van der Waals surface area contributed by atoms with Gasteiger partial charge in [-0.05, 0) is 52.1 Å². The SMILES string of the molecule is CC1C(CN2CCC3(CC2)OCCO3)OC(c2cccc(-c3cccc(CNC(=O)c4ccccc4)c3)c2)OC1c1ccc(CO)cc1. The zero-order valence-corrected chi connectivity index (χ0v) is 27.4. The van der Waals surface area contributed by atoms with Crippen molar-refractivity contribution in [2.24, 2.45) is 5.92 Å². The molecule has 0 aliphatic carbocycles. The van der Waals surface area contributed by atoms with Crippen LogP contribution in [-0.4, -0.2) is 60.7 Å². The van der Waals surface area contributed by atoms with E-state index < -0.39 is 12.1 Å². The third-order valence-electron chi connectivity index (χ3n) is 9.90. The molecule has 3 aliphatic rings. The minimum atomic E-state index is -0.556. The third kappa shape index (κ3) is 7.39. The lowest BCUT2D eigenvalue weighted by Crippen LogP contribution is -2.50. The molecule has 0 bridgehead atoms. The van der Waals surface area contributed by atoms with Crippen LogP contribution in [0.3, 0.4) is 0 Å². The zero-order chi connectivity index (χ0) is 32.9. The second kappa shape index (κ2) is 14.7. The standard InChI is InChI=1S/C40H44N2O6/c1-28-36(26-42-19-17-40(18-20-42)45-21-22-46-40)47-39(48-37(28)31-15-13-29(27-43)14-16-31)35-12-6-11-34(24-35)33-10-5-7-30(23-33)25-41-38(44)32-8-3-2-4-9-32/h2-16,23-24,28,36-37,39,43H,17-22,25-27H2,1H3,(H,41,44). The lowest BCUT2D eigenvalue weighted by atomic mass is 9.89. The molecule has 0 aromatic heterocycles. The molecule has 7 rings (SSSR count). The molecule has 48 heavy (non-hydrogen) atoms. The van der Waals surface area contributed by atoms with Crippen molar-refractivity contribution in [1.29, 1.82) is 0 Å². The highest BCUT2D eigenvalue weighted by Crippen LogP contribution is 2.43. The Morgan fingerprint density at radius 2 is 1.52 bits per heavy atom. The van der Waals surface area contributed by atoms with E-state index in [9.17, 15) is 9.90 Å². The summed E-state index contributed by atoms with van der Waals surface area (Å²) >= 11 is 0. The van der Waals surface area contributed by atoms with Crippen molar-refractivity contribution >= 4 is 5.91 Å². The molecule has 4 aromatic carbocycles. The Bertz CT molecular complexity index is 1660. The summed E-state index contributed by atoms with van der Waals surface area (Å²) in [5, 5.41) is 12.7. The first-order chi connectivity index (χ1) is 23.5. The summed E-state index contributed by atoms with van der Waals surface area (Å²) in [5.74, 6) is -0.408. The minimum Gasteiger partial charge on any atom is -0.392 e. The summed E-state index contributed by atoms with van der Waals surface area (Å²) in [6.45, 7) is 6.57. The number of nitrogens with zero attached hydrogens (tertiary/aromatic N) is 1. The first-order valence-corrected chi connectivity index (χ1v) is 17.0. The van der Waals surface area contributed by atoms with E-state index in [1.807, 2.05) is 60.7 Å². The third-order valence-corrected chi connectivity index (χ3v) is 9.90. The van der Waals surface area contributed by atoms with E-state index in [1.54, 1.807) is 0 Å². The molecule has 250 valence electrons. The monoisotopic (exact) mass is 648 g/mol. The fraction of sp³-hybridized carbons (Fsp3) is 0.375. The minimum absolute atomic E-state index is 0.00693. The van der Waals surface area contributed by atoms with Crippen molar-refractivity contribution in [3.63, 3.8) is 0 Å². The summed E-state index contributed by atoms with van der Waals surface area (Å²) in [7, 11) is 0. The lowest BCUT2D eigenvalue weighted by molar-refractivity contribution is -0.278. The van der Waals surface area contributed by atoms with E-state index in [0.717, 1.165) is 65.9 Å². The average Bonchev–Trinajstić information content (AvgIpc) is 3.61. The fourth-order valence-corrected chi connectivity index (χ4v) is 7.04. The summed E-state index contributed by atoms with van der Waals surface area (Å²) in [6.07, 6.45) is 0.916. The molecule has 3 fully saturated rings. The Labute approximate surface area is 282 Å². The van der Waals surface area contributed by atoms with Gasteiger partial charge in [-0.15, -0.1) is 0 Å². The number of ether oxygens (including phenoxy) is 4. The largest absolute Gasteiger partial charge is 0.392 e. The van der Waals surface area contributed by atoms with Gasteiger partial charge in [-0.25, -0.2) is 0 Å². The van der Waals surface area contributed by atoms with Crippen molar-refractivity contribution in [3.05, 3.63) is 131 Å². The summed E-state index contributed by atoms with van der Waals surface area (Å²) in [4.78, 5) is 15.1. The van der Waals surface area contributed by atoms with E-state index in [2.05, 4.69) is 59.6 Å². The molecule has 3 aliphatic heterocycles. The van der Waals surface area contributed by atoms with Gasteiger partial charge in [0, 0.05) is 56.1 Å². The average molecular weight is 649 g/mol. The van der Waals surface area contributed by atoms with Crippen molar-refractivity contribution in [3.8, 4) is 11.1 Å². The van der Waals surface area contributed by atoms with Crippen LogP contribution in [0.4, 0.5) is 0 Å². The highest BCUT2D eigenvalue weighted by Gasteiger charge is 2.43. The predicted molar refractivity (Wildman–Crippen MR) is 183 cm³/mol. The van der Waals surface area contributed by atoms with Crippen LogP contribution in [0.15, 0.2) is 103 Å². The zero-order valence-electron chi connectivity index (χ0n) is 27.4. The van der Waals surface area contributed by atoms with Crippen LogP contribution in [0.2, 0.25) is 0 Å². The number of aliphatic hydroxyl groups excluding tert-OH is 1. The molecule has 4 unspecified atom stereocenters. The molecule has 3 saturated heterocycles. The number of carbonyl (C=O) groups is 1. The molecule has 2 N–H and O–H groups in total. The second-order valence-corrected chi connectivity index (χ2v) is 13.1. The maximum absolute atomic E-state index is 12.6. The van der Waals surface area contributed by atoms with Crippen LogP contribution in [0.5, 0.6) is 0 Å². The Morgan fingerprint density at radius 1 is 0.812 bits per heavy atom. The molecule has 4 atom stereocenters. The number of likely N-dealkylation sites (tertiary alicyclic amines) is 1. The van der Waals surface area contributed by atoms with Gasteiger partial charge in [-0.1, -0.05) is 85.8 Å². The van der Waals surface area contributed by atoms with E-state index in [-0.39, 0.29) is 30.6 Å². The number of nitrogens with one attached hydrogen (secondary N) is 1. The number of hydrogen-bond donors (Lipinski definition) is 2. The predicted octanol–water partition coefficient (Wildman–Crippen LogP) is 6.41. The Hall–Kier alpha value is -3.89. The molecule has 0 radical (unpaired) electrons. The van der Waals surface area contributed by atoms with Gasteiger partial charge in [-0.2, -0.15) is 0 Å². The van der Waals surface area contributed by atoms with Crippen LogP contribution in [0.25, 0.3) is 11.1 Å². The lowest BCUT2D eigenvalue weighted by Gasteiger charge is -2.44. The Kier molecular flexibility index (Phi) is 10.00. The number of aliphatic hydroxyl groups is 1. The molecule has 8 heteroatoms. The van der Waals surface area contributed by atoms with Gasteiger partial charge in [-0.3, -0.25) is 4.79 Å². The molecular weight excluding hydrogens is 604 g/mol. The molecule has 8 nitrogen and oxygen atoms in total. The smallest absolute Gasteiger partial charge is 0.251 e. The van der Waals surface area contributed by atoms with Crippen molar-refractivity contribution in [2.45, 2.75) is 57.2 Å². The van der Waals surface area contributed by atoms with Crippen molar-refractivity contribution in [1.82, 2.24) is 10.2 Å². The Morgan fingerprint density at radius 3 is 2.25 bits per heavy atom. The summed E-state index contributed by atoms with van der Waals surface area (Å²) in [6, 6.07) is 33.9. The highest BCUT2D eigenvalue weighted by molar-refractivity contribution is 5.94. The quantitative estimate of drug-likeness (QED) is 0.217. The molecular formula is C40H44N2O6. The molecule has 1 amide bonds. The summed E-state index contributed by atoms with van der Waals surface area (Å²) < 4.78 is 25.5. The van der Waals surface area contributed by atoms with Crippen LogP contribution >= 0.6 is 0 Å². The van der Waals surface area contributed by atoms with Gasteiger partial charge < -0.3 is 34.3 Å². The first kappa shape index (κ1) is 32.6. The molecule has 3 heterocycles. The molecule has 4 aromatic rings. The normalized spacial score (nSPS) is 24.0. The van der Waals surface area contributed by atoms with Crippen LogP contribution in [-0.2, 0) is 32.1 Å². The number of carbonyl (C=O) groups excluding carboxylic acids is 1. The second-order valence-electron chi connectivity index (χ2n) is 13.1. The highest BCUT2D eigenvalue weighted by atomic mass is 16.7. The number of piperidine rings is 1. The number of hydrogen-bond acceptors (Lipinski definition) is 7. The van der Waals surface area contributed by atoms with Crippen LogP contribution in [0, 0.1) is 5.92 Å². The first-order valence-electron chi connectivity index (χ1n) is 17.0. The van der Waals surface area contributed by atoms with E-state index >= 15 is 0 Å². The van der Waals surface area contributed by atoms with Gasteiger partial charge in [0.25, 0.3) is 5.91 Å². The van der Waals surface area contributed by atoms with E-state index in [4.69, 9.17) is 18.9 Å². The molecule has 1 spiro atoms.